The average Bonchev–Trinajstić information content (AvgIpc) is 2.75. The molecule has 1 aromatic carbocycles. The fourth-order valence-corrected chi connectivity index (χ4v) is 3.05. The van der Waals surface area contributed by atoms with Crippen LogP contribution in [0.15, 0.2) is 23.0 Å². The minimum absolute atomic E-state index is 0.0732. The maximum atomic E-state index is 12.3. The van der Waals surface area contributed by atoms with E-state index in [1.54, 1.807) is 0 Å². The van der Waals surface area contributed by atoms with Gasteiger partial charge in [-0.25, -0.2) is 4.79 Å². The van der Waals surface area contributed by atoms with Gasteiger partial charge in [0.25, 0.3) is 17.4 Å². The van der Waals surface area contributed by atoms with Crippen LogP contribution < -0.4 is 16.6 Å². The molecule has 0 spiro atoms. The number of halogens is 2. The molecule has 0 saturated heterocycles. The summed E-state index contributed by atoms with van der Waals surface area (Å²) in [5.74, 6) is -3.22. The molecule has 0 atom stereocenters. The van der Waals surface area contributed by atoms with E-state index >= 15 is 0 Å². The Morgan fingerprint density at radius 2 is 1.83 bits per heavy atom. The Kier molecular flexibility index (Phi) is 3.58. The molecule has 0 saturated carbocycles. The number of aromatic carboxylic acids is 1. The maximum Gasteiger partial charge on any atom is 0.338 e. The number of nitrogens with two attached hydrogens (primary N) is 1. The van der Waals surface area contributed by atoms with Gasteiger partial charge in [0.15, 0.2) is 0 Å². The van der Waals surface area contributed by atoms with Crippen molar-refractivity contribution in [1.29, 1.82) is 0 Å². The van der Waals surface area contributed by atoms with Gasteiger partial charge in [0.2, 0.25) is 0 Å². The van der Waals surface area contributed by atoms with Crippen LogP contribution in [0.25, 0.3) is 5.69 Å². The number of hydrogen-bond acceptors (Lipinski definition) is 5. The predicted molar refractivity (Wildman–Crippen MR) is 85.2 cm³/mol. The highest BCUT2D eigenvalue weighted by molar-refractivity contribution is 6.40. The van der Waals surface area contributed by atoms with E-state index in [0.717, 1.165) is 10.6 Å². The van der Waals surface area contributed by atoms with Crippen LogP contribution in [0.3, 0.4) is 0 Å². The number of carbonyl (C=O) groups excluding carboxylic acids is 2. The number of benzene rings is 1. The summed E-state index contributed by atoms with van der Waals surface area (Å²) in [5, 5.41) is 10.8. The number of pyridine rings is 1. The molecule has 0 aliphatic carbocycles. The highest BCUT2D eigenvalue weighted by Crippen LogP contribution is 2.32. The summed E-state index contributed by atoms with van der Waals surface area (Å²) in [7, 11) is 0. The highest BCUT2D eigenvalue weighted by atomic mass is 35.5. The molecule has 8 nitrogen and oxygen atoms in total. The molecule has 122 valence electrons. The van der Waals surface area contributed by atoms with E-state index in [4.69, 9.17) is 28.9 Å². The van der Waals surface area contributed by atoms with Crippen molar-refractivity contribution in [1.82, 2.24) is 9.88 Å². The van der Waals surface area contributed by atoms with E-state index in [2.05, 4.69) is 0 Å². The van der Waals surface area contributed by atoms with Gasteiger partial charge in [-0.2, -0.15) is 0 Å². The van der Waals surface area contributed by atoms with Gasteiger partial charge in [0, 0.05) is 6.07 Å². The van der Waals surface area contributed by atoms with Crippen molar-refractivity contribution in [2.45, 2.75) is 0 Å². The van der Waals surface area contributed by atoms with E-state index < -0.39 is 28.9 Å². The van der Waals surface area contributed by atoms with Crippen LogP contribution in [0.4, 0.5) is 5.82 Å². The van der Waals surface area contributed by atoms with E-state index in [0.29, 0.717) is 0 Å². The molecule has 0 unspecified atom stereocenters. The quantitative estimate of drug-likeness (QED) is 0.685. The number of nitrogens with one attached hydrogen (secondary N) is 1. The summed E-state index contributed by atoms with van der Waals surface area (Å²) in [5.41, 5.74) is 4.30. The molecule has 1 aromatic heterocycles. The van der Waals surface area contributed by atoms with Crippen molar-refractivity contribution in [2.24, 2.45) is 0 Å². The Morgan fingerprint density at radius 3 is 2.46 bits per heavy atom. The zero-order valence-corrected chi connectivity index (χ0v) is 13.1. The van der Waals surface area contributed by atoms with Crippen LogP contribution in [0.2, 0.25) is 10.0 Å². The molecule has 1 aliphatic rings. The molecule has 2 heterocycles. The Morgan fingerprint density at radius 1 is 1.17 bits per heavy atom. The zero-order chi connectivity index (χ0) is 17.8. The summed E-state index contributed by atoms with van der Waals surface area (Å²) in [6.07, 6.45) is 0. The lowest BCUT2D eigenvalue weighted by Gasteiger charge is -2.15. The number of imide groups is 1. The first-order valence-electron chi connectivity index (χ1n) is 6.37. The number of fused-ring (bicyclic) bond motifs is 1. The van der Waals surface area contributed by atoms with E-state index in [1.165, 1.54) is 12.1 Å². The first kappa shape index (κ1) is 16.0. The molecule has 2 aromatic rings. The number of carboxylic acid groups (broad SMARTS) is 1. The third-order valence-corrected chi connectivity index (χ3v) is 4.18. The van der Waals surface area contributed by atoms with Crippen molar-refractivity contribution in [3.05, 3.63) is 55.3 Å². The molecule has 10 heteroatoms. The smallest absolute Gasteiger partial charge is 0.338 e. The lowest BCUT2D eigenvalue weighted by Crippen LogP contribution is -2.24. The monoisotopic (exact) mass is 367 g/mol. The van der Waals surface area contributed by atoms with Crippen LogP contribution in [0.5, 0.6) is 0 Å². The fourth-order valence-electron chi connectivity index (χ4n) is 2.44. The van der Waals surface area contributed by atoms with Crippen LogP contribution in [-0.4, -0.2) is 27.5 Å². The number of nitrogens with zero attached hydrogens (tertiary/aromatic N) is 1. The van der Waals surface area contributed by atoms with Gasteiger partial charge in [-0.05, 0) is 12.1 Å². The number of rotatable bonds is 2. The summed E-state index contributed by atoms with van der Waals surface area (Å²) < 4.78 is 0.849. The fraction of sp³-hybridized carbons (Fsp3) is 0. The molecule has 2 amide bonds. The minimum atomic E-state index is -1.40. The third-order valence-electron chi connectivity index (χ3n) is 3.48. The molecular formula is C14H7Cl2N3O5. The summed E-state index contributed by atoms with van der Waals surface area (Å²) >= 11 is 11.9. The second kappa shape index (κ2) is 5.36. The Labute approximate surface area is 143 Å². The summed E-state index contributed by atoms with van der Waals surface area (Å²) in [6, 6.07) is 3.45. The van der Waals surface area contributed by atoms with E-state index in [9.17, 15) is 24.3 Å². The highest BCUT2D eigenvalue weighted by Gasteiger charge is 2.32. The zero-order valence-electron chi connectivity index (χ0n) is 11.6. The number of aromatic nitrogens is 1. The number of carboxylic acids is 1. The van der Waals surface area contributed by atoms with Gasteiger partial charge in [0.1, 0.15) is 5.82 Å². The van der Waals surface area contributed by atoms with Crippen molar-refractivity contribution >= 4 is 46.8 Å². The minimum Gasteiger partial charge on any atom is -0.478 e. The van der Waals surface area contributed by atoms with E-state index in [1.807, 2.05) is 5.32 Å². The van der Waals surface area contributed by atoms with Crippen LogP contribution in [-0.2, 0) is 0 Å². The lowest BCUT2D eigenvalue weighted by atomic mass is 10.1. The summed E-state index contributed by atoms with van der Waals surface area (Å²) in [4.78, 5) is 47.1. The first-order valence-corrected chi connectivity index (χ1v) is 7.12. The van der Waals surface area contributed by atoms with E-state index in [-0.39, 0.29) is 32.7 Å². The molecule has 3 rings (SSSR count). The van der Waals surface area contributed by atoms with Crippen molar-refractivity contribution in [2.75, 3.05) is 5.73 Å². The van der Waals surface area contributed by atoms with Crippen molar-refractivity contribution in [3.63, 3.8) is 0 Å². The van der Waals surface area contributed by atoms with Gasteiger partial charge in [-0.3, -0.25) is 24.3 Å². The number of nitrogen functional groups attached to an aromatic ring is 1. The Hall–Kier alpha value is -2.84. The third kappa shape index (κ3) is 2.15. The molecule has 0 fully saturated rings. The number of hydrogen-bond donors (Lipinski definition) is 3. The largest absolute Gasteiger partial charge is 0.478 e. The van der Waals surface area contributed by atoms with Crippen LogP contribution in [0.1, 0.15) is 31.1 Å². The second-order valence-corrected chi connectivity index (χ2v) is 5.62. The summed E-state index contributed by atoms with van der Waals surface area (Å²) in [6.45, 7) is 0. The van der Waals surface area contributed by atoms with Crippen molar-refractivity contribution < 1.29 is 19.5 Å². The van der Waals surface area contributed by atoms with Crippen molar-refractivity contribution in [3.8, 4) is 5.69 Å². The lowest BCUT2D eigenvalue weighted by molar-refractivity contribution is 0.0696. The number of carbonyl (C=O) groups is 3. The molecular weight excluding hydrogens is 361 g/mol. The number of anilines is 1. The Balaban J connectivity index is 2.38. The maximum absolute atomic E-state index is 12.3. The second-order valence-electron chi connectivity index (χ2n) is 4.84. The molecule has 24 heavy (non-hydrogen) atoms. The van der Waals surface area contributed by atoms with Crippen LogP contribution in [0, 0.1) is 0 Å². The van der Waals surface area contributed by atoms with Gasteiger partial charge < -0.3 is 10.8 Å². The van der Waals surface area contributed by atoms with Gasteiger partial charge in [0.05, 0.1) is 32.4 Å². The molecule has 4 N–H and O–H groups in total. The normalized spacial score (nSPS) is 12.9. The average molecular weight is 368 g/mol. The van der Waals surface area contributed by atoms with Gasteiger partial charge in [-0.15, -0.1) is 0 Å². The molecule has 1 aliphatic heterocycles. The topological polar surface area (TPSA) is 131 Å². The number of amides is 2. The molecule has 0 radical (unpaired) electrons. The van der Waals surface area contributed by atoms with Gasteiger partial charge in [-0.1, -0.05) is 23.2 Å². The van der Waals surface area contributed by atoms with Crippen LogP contribution >= 0.6 is 23.2 Å². The predicted octanol–water partition coefficient (Wildman–Crippen LogP) is 1.31. The SMILES string of the molecule is Nc1c2c(cc(=O)n1-c1ccc(Cl)c(C(=O)O)c1Cl)C(=O)NC2=O. The van der Waals surface area contributed by atoms with Gasteiger partial charge >= 0.3 is 5.97 Å². The Bertz CT molecular complexity index is 1010. The first-order chi connectivity index (χ1) is 11.2. The standard InChI is InChI=1S/C14H7Cl2N3O5/c15-5-1-2-6(10(16)9(5)14(23)24)19-7(20)3-4-8(11(19)17)13(22)18-12(4)21/h1-3H,17H2,(H,23,24)(H,18,21,22). The molecule has 0 bridgehead atoms.